The van der Waals surface area contributed by atoms with Crippen molar-refractivity contribution in [3.8, 4) is 11.6 Å². The van der Waals surface area contributed by atoms with E-state index in [2.05, 4.69) is 32.6 Å². The molecule has 2 heterocycles. The summed E-state index contributed by atoms with van der Waals surface area (Å²) in [6, 6.07) is 3.70. The molecular formula is C13H14IN3O. The Bertz CT molecular complexity index is 548. The molecule has 0 aliphatic heterocycles. The molecule has 0 bridgehead atoms. The maximum absolute atomic E-state index is 5.99. The lowest BCUT2D eigenvalue weighted by atomic mass is 10.0. The van der Waals surface area contributed by atoms with Gasteiger partial charge in [-0.15, -0.1) is 0 Å². The van der Waals surface area contributed by atoms with Crippen LogP contribution >= 0.6 is 22.6 Å². The van der Waals surface area contributed by atoms with Crippen molar-refractivity contribution in [2.75, 3.05) is 5.73 Å². The quantitative estimate of drug-likeness (QED) is 0.837. The van der Waals surface area contributed by atoms with Gasteiger partial charge in [-0.1, -0.05) is 12.8 Å². The van der Waals surface area contributed by atoms with Crippen LogP contribution in [0.2, 0.25) is 0 Å². The van der Waals surface area contributed by atoms with Crippen LogP contribution in [0.15, 0.2) is 22.8 Å². The van der Waals surface area contributed by atoms with Gasteiger partial charge in [0.05, 0.1) is 15.5 Å². The average molecular weight is 355 g/mol. The standard InChI is InChI=1S/C13H14IN3O/c14-10-11(8-4-1-2-5-8)16-13(17-12(10)15)9-6-3-7-18-9/h3,6-8H,1-2,4-5H2,(H2,15,16,17). The Hall–Kier alpha value is -1.11. The van der Waals surface area contributed by atoms with Crippen molar-refractivity contribution in [1.29, 1.82) is 0 Å². The molecule has 0 amide bonds. The van der Waals surface area contributed by atoms with Crippen LogP contribution in [0.4, 0.5) is 5.82 Å². The number of hydrogen-bond acceptors (Lipinski definition) is 4. The lowest BCUT2D eigenvalue weighted by molar-refractivity contribution is 0.575. The van der Waals surface area contributed by atoms with Gasteiger partial charge in [0, 0.05) is 5.92 Å². The van der Waals surface area contributed by atoms with Gasteiger partial charge in [0.2, 0.25) is 0 Å². The number of anilines is 1. The van der Waals surface area contributed by atoms with Crippen molar-refractivity contribution < 1.29 is 4.42 Å². The van der Waals surface area contributed by atoms with Crippen molar-refractivity contribution in [2.24, 2.45) is 0 Å². The van der Waals surface area contributed by atoms with Gasteiger partial charge in [0.25, 0.3) is 0 Å². The third-order valence-electron chi connectivity index (χ3n) is 3.39. The van der Waals surface area contributed by atoms with Crippen LogP contribution in [0.3, 0.4) is 0 Å². The molecule has 1 fully saturated rings. The summed E-state index contributed by atoms with van der Waals surface area (Å²) in [4.78, 5) is 8.98. The first kappa shape index (κ1) is 12.0. The van der Waals surface area contributed by atoms with Crippen molar-refractivity contribution in [3.05, 3.63) is 27.7 Å². The van der Waals surface area contributed by atoms with E-state index < -0.39 is 0 Å². The fourth-order valence-electron chi connectivity index (χ4n) is 2.47. The summed E-state index contributed by atoms with van der Waals surface area (Å²) in [5, 5.41) is 0. The zero-order valence-corrected chi connectivity index (χ0v) is 12.1. The van der Waals surface area contributed by atoms with Gasteiger partial charge in [-0.05, 0) is 47.6 Å². The van der Waals surface area contributed by atoms with E-state index in [1.807, 2.05) is 12.1 Å². The predicted molar refractivity (Wildman–Crippen MR) is 78.1 cm³/mol. The molecule has 18 heavy (non-hydrogen) atoms. The van der Waals surface area contributed by atoms with Crippen LogP contribution < -0.4 is 5.73 Å². The minimum Gasteiger partial charge on any atom is -0.461 e. The molecule has 1 aliphatic rings. The van der Waals surface area contributed by atoms with Crippen molar-refractivity contribution >= 4 is 28.4 Å². The normalized spacial score (nSPS) is 16.3. The van der Waals surface area contributed by atoms with E-state index in [4.69, 9.17) is 10.2 Å². The van der Waals surface area contributed by atoms with Gasteiger partial charge < -0.3 is 10.2 Å². The van der Waals surface area contributed by atoms with E-state index in [-0.39, 0.29) is 0 Å². The summed E-state index contributed by atoms with van der Waals surface area (Å²) in [7, 11) is 0. The molecule has 0 saturated heterocycles. The lowest BCUT2D eigenvalue weighted by Gasteiger charge is -2.13. The number of nitrogen functional groups attached to an aromatic ring is 1. The second-order valence-electron chi connectivity index (χ2n) is 4.59. The number of aromatic nitrogens is 2. The minimum atomic E-state index is 0.524. The molecule has 3 rings (SSSR count). The Morgan fingerprint density at radius 2 is 2.06 bits per heavy atom. The number of halogens is 1. The summed E-state index contributed by atoms with van der Waals surface area (Å²) in [5.41, 5.74) is 7.08. The monoisotopic (exact) mass is 355 g/mol. The zero-order chi connectivity index (χ0) is 12.5. The highest BCUT2D eigenvalue weighted by Crippen LogP contribution is 2.37. The van der Waals surface area contributed by atoms with E-state index in [1.165, 1.54) is 25.7 Å². The largest absolute Gasteiger partial charge is 0.461 e. The summed E-state index contributed by atoms with van der Waals surface area (Å²) in [6.45, 7) is 0. The SMILES string of the molecule is Nc1nc(-c2ccco2)nc(C2CCCC2)c1I. The van der Waals surface area contributed by atoms with Crippen molar-refractivity contribution in [1.82, 2.24) is 9.97 Å². The van der Waals surface area contributed by atoms with Gasteiger partial charge in [-0.2, -0.15) is 0 Å². The molecular weight excluding hydrogens is 341 g/mol. The van der Waals surface area contributed by atoms with Crippen LogP contribution in [-0.2, 0) is 0 Å². The Morgan fingerprint density at radius 3 is 2.72 bits per heavy atom. The molecule has 94 valence electrons. The van der Waals surface area contributed by atoms with Crippen molar-refractivity contribution in [3.63, 3.8) is 0 Å². The van der Waals surface area contributed by atoms with Crippen LogP contribution in [-0.4, -0.2) is 9.97 Å². The first-order chi connectivity index (χ1) is 8.75. The summed E-state index contributed by atoms with van der Waals surface area (Å²) in [6.07, 6.45) is 6.58. The number of nitrogens with zero attached hydrogens (tertiary/aromatic N) is 2. The third kappa shape index (κ3) is 2.11. The van der Waals surface area contributed by atoms with Crippen LogP contribution in [0.5, 0.6) is 0 Å². The lowest BCUT2D eigenvalue weighted by Crippen LogP contribution is -2.07. The number of hydrogen-bond donors (Lipinski definition) is 1. The third-order valence-corrected chi connectivity index (χ3v) is 4.49. The molecule has 2 aromatic rings. The zero-order valence-electron chi connectivity index (χ0n) is 9.90. The molecule has 0 aromatic carbocycles. The molecule has 2 N–H and O–H groups in total. The molecule has 1 aliphatic carbocycles. The second kappa shape index (κ2) is 4.87. The van der Waals surface area contributed by atoms with Gasteiger partial charge >= 0.3 is 0 Å². The molecule has 0 atom stereocenters. The fraction of sp³-hybridized carbons (Fsp3) is 0.385. The van der Waals surface area contributed by atoms with Crippen LogP contribution in [0.1, 0.15) is 37.3 Å². The molecule has 1 saturated carbocycles. The maximum Gasteiger partial charge on any atom is 0.197 e. The van der Waals surface area contributed by atoms with E-state index in [1.54, 1.807) is 6.26 Å². The van der Waals surface area contributed by atoms with Gasteiger partial charge in [-0.25, -0.2) is 9.97 Å². The maximum atomic E-state index is 5.99. The predicted octanol–water partition coefficient (Wildman–Crippen LogP) is 3.58. The molecule has 5 heteroatoms. The van der Waals surface area contributed by atoms with Crippen LogP contribution in [0, 0.1) is 3.57 Å². The van der Waals surface area contributed by atoms with Gasteiger partial charge in [0.1, 0.15) is 5.82 Å². The summed E-state index contributed by atoms with van der Waals surface area (Å²) >= 11 is 2.25. The van der Waals surface area contributed by atoms with E-state index in [9.17, 15) is 0 Å². The van der Waals surface area contributed by atoms with Crippen LogP contribution in [0.25, 0.3) is 11.6 Å². The Labute approximate surface area is 119 Å². The first-order valence-electron chi connectivity index (χ1n) is 6.12. The molecule has 0 spiro atoms. The van der Waals surface area contributed by atoms with E-state index in [0.29, 0.717) is 23.3 Å². The fourth-order valence-corrected chi connectivity index (χ4v) is 3.15. The summed E-state index contributed by atoms with van der Waals surface area (Å²) in [5.74, 6) is 2.35. The van der Waals surface area contributed by atoms with Gasteiger partial charge in [-0.3, -0.25) is 0 Å². The number of furan rings is 1. The average Bonchev–Trinajstić information content (AvgIpc) is 3.03. The summed E-state index contributed by atoms with van der Waals surface area (Å²) < 4.78 is 6.34. The smallest absolute Gasteiger partial charge is 0.197 e. The number of rotatable bonds is 2. The first-order valence-corrected chi connectivity index (χ1v) is 7.20. The topological polar surface area (TPSA) is 64.9 Å². The highest BCUT2D eigenvalue weighted by Gasteiger charge is 2.23. The Morgan fingerprint density at radius 1 is 1.28 bits per heavy atom. The molecule has 0 unspecified atom stereocenters. The Balaban J connectivity index is 2.07. The van der Waals surface area contributed by atoms with Gasteiger partial charge in [0.15, 0.2) is 11.6 Å². The minimum absolute atomic E-state index is 0.524. The van der Waals surface area contributed by atoms with E-state index in [0.717, 1.165) is 9.26 Å². The highest BCUT2D eigenvalue weighted by atomic mass is 127. The Kier molecular flexibility index (Phi) is 3.23. The molecule has 2 aromatic heterocycles. The number of nitrogens with two attached hydrogens (primary N) is 1. The molecule has 0 radical (unpaired) electrons. The second-order valence-corrected chi connectivity index (χ2v) is 5.67. The van der Waals surface area contributed by atoms with E-state index >= 15 is 0 Å². The molecule has 4 nitrogen and oxygen atoms in total. The highest BCUT2D eigenvalue weighted by molar-refractivity contribution is 14.1. The van der Waals surface area contributed by atoms with Crippen molar-refractivity contribution in [2.45, 2.75) is 31.6 Å².